The Hall–Kier alpha value is -5.80. The molecule has 4 atom stereocenters. The first-order valence-electron chi connectivity index (χ1n) is 36.2. The Bertz CT molecular complexity index is 2500. The van der Waals surface area contributed by atoms with Crippen molar-refractivity contribution in [3.8, 4) is 0 Å². The zero-order chi connectivity index (χ0) is 70.7. The second-order valence-electron chi connectivity index (χ2n) is 27.2. The number of aryl methyl sites for hydroxylation is 1. The van der Waals surface area contributed by atoms with E-state index in [-0.39, 0.29) is 137 Å². The number of ketones is 3. The van der Waals surface area contributed by atoms with Gasteiger partial charge in [-0.25, -0.2) is 18.0 Å². The van der Waals surface area contributed by atoms with Crippen LogP contribution in [-0.2, 0) is 73.7 Å². The average Bonchev–Trinajstić information content (AvgIpc) is 1.77. The molecule has 1 fully saturated rings. The minimum atomic E-state index is -3.56. The van der Waals surface area contributed by atoms with E-state index in [1.807, 2.05) is 20.8 Å². The Kier molecular flexibility index (Phi) is 47.8. The number of primary amides is 1. The minimum Gasteiger partial charge on any atom is -0.480 e. The number of Topliss-reactive ketones (excluding diaryl/α,β-unsaturated/α-hetero) is 3. The van der Waals surface area contributed by atoms with Gasteiger partial charge in [-0.2, -0.15) is 5.21 Å². The third-order valence-electron chi connectivity index (χ3n) is 17.5. The van der Waals surface area contributed by atoms with Crippen molar-refractivity contribution in [2.24, 2.45) is 17.1 Å². The van der Waals surface area contributed by atoms with Crippen LogP contribution in [0.25, 0.3) is 0 Å². The predicted molar refractivity (Wildman–Crippen MR) is 366 cm³/mol. The van der Waals surface area contributed by atoms with E-state index in [0.29, 0.717) is 45.3 Å². The molecular formula is C69H122N10O16S. The summed E-state index contributed by atoms with van der Waals surface area (Å²) in [5.41, 5.74) is 5.23. The predicted octanol–water partition coefficient (Wildman–Crippen LogP) is 8.31. The van der Waals surface area contributed by atoms with Gasteiger partial charge in [0.15, 0.2) is 15.7 Å². The summed E-state index contributed by atoms with van der Waals surface area (Å²) in [5, 5.41) is 43.9. The molecule has 1 aliphatic heterocycles. The number of sulfone groups is 1. The number of carbonyl (C=O) groups is 10. The van der Waals surface area contributed by atoms with Crippen LogP contribution in [0.2, 0.25) is 0 Å². The second kappa shape index (κ2) is 53.2. The van der Waals surface area contributed by atoms with E-state index >= 15 is 0 Å². The first-order valence-corrected chi connectivity index (χ1v) is 38.0. The fourth-order valence-electron chi connectivity index (χ4n) is 11.7. The maximum atomic E-state index is 12.7. The van der Waals surface area contributed by atoms with Gasteiger partial charge in [-0.05, 0) is 95.9 Å². The number of nitrogens with two attached hydrogens (primary N) is 1. The van der Waals surface area contributed by atoms with E-state index in [2.05, 4.69) is 46.8 Å². The van der Waals surface area contributed by atoms with E-state index in [1.165, 1.54) is 51.4 Å². The number of likely N-dealkylation sites (tertiary alicyclic amines) is 1. The fraction of sp³-hybridized carbons (Fsp3) is 0.841. The topological polar surface area (TPSA) is 396 Å². The van der Waals surface area contributed by atoms with Crippen molar-refractivity contribution >= 4 is 68.7 Å². The van der Waals surface area contributed by atoms with Crippen molar-refractivity contribution in [1.82, 2.24) is 46.8 Å². The van der Waals surface area contributed by atoms with Crippen LogP contribution in [0.15, 0.2) is 0 Å². The molecular weight excluding hydrogens is 1260 g/mol. The van der Waals surface area contributed by atoms with Gasteiger partial charge in [-0.15, -0.1) is 10.2 Å². The van der Waals surface area contributed by atoms with Gasteiger partial charge in [-0.3, -0.25) is 43.3 Å². The van der Waals surface area contributed by atoms with Gasteiger partial charge in [0.2, 0.25) is 29.5 Å². The number of hydrogen-bond donors (Lipinski definition) is 8. The van der Waals surface area contributed by atoms with Crippen LogP contribution in [-0.4, -0.2) is 185 Å². The summed E-state index contributed by atoms with van der Waals surface area (Å²) < 4.78 is 36.0. The molecule has 5 amide bonds. The summed E-state index contributed by atoms with van der Waals surface area (Å²) >= 11 is 0. The lowest BCUT2D eigenvalue weighted by Crippen LogP contribution is -2.44. The molecule has 96 heavy (non-hydrogen) atoms. The van der Waals surface area contributed by atoms with Crippen LogP contribution in [0.3, 0.4) is 0 Å². The van der Waals surface area contributed by atoms with E-state index < -0.39 is 56.8 Å². The summed E-state index contributed by atoms with van der Waals surface area (Å²) in [5.74, 6) is -4.54. The van der Waals surface area contributed by atoms with Crippen LogP contribution in [0, 0.1) is 11.3 Å². The molecule has 1 aromatic rings. The van der Waals surface area contributed by atoms with Crippen molar-refractivity contribution < 1.29 is 76.0 Å². The van der Waals surface area contributed by atoms with E-state index in [0.717, 1.165) is 134 Å². The molecule has 26 nitrogen and oxygen atoms in total. The first-order chi connectivity index (χ1) is 45.9. The Morgan fingerprint density at radius 2 is 1.07 bits per heavy atom. The maximum Gasteiger partial charge on any atom is 0.326 e. The highest BCUT2D eigenvalue weighted by molar-refractivity contribution is 7.92. The summed E-state index contributed by atoms with van der Waals surface area (Å²) in [6.07, 6.45) is 29.2. The fourth-order valence-corrected chi connectivity index (χ4v) is 13.1. The number of H-pyrrole nitrogens is 1. The van der Waals surface area contributed by atoms with Crippen molar-refractivity contribution in [2.45, 2.75) is 296 Å². The second-order valence-corrected chi connectivity index (χ2v) is 29.4. The van der Waals surface area contributed by atoms with Gasteiger partial charge < -0.3 is 46.7 Å². The molecule has 0 bridgehead atoms. The molecule has 0 aromatic carbocycles. The number of amides is 5. The number of tetrazole rings is 1. The van der Waals surface area contributed by atoms with Crippen molar-refractivity contribution in [1.29, 1.82) is 0 Å². The third-order valence-corrected chi connectivity index (χ3v) is 19.2. The highest BCUT2D eigenvalue weighted by Gasteiger charge is 2.32. The number of aromatic nitrogens is 4. The lowest BCUT2D eigenvalue weighted by molar-refractivity contribution is -0.143. The molecule has 0 saturated carbocycles. The van der Waals surface area contributed by atoms with Crippen LogP contribution < -0.4 is 27.0 Å². The zero-order valence-electron chi connectivity index (χ0n) is 58.5. The van der Waals surface area contributed by atoms with E-state index in [1.54, 1.807) is 0 Å². The Labute approximate surface area is 571 Å². The molecule has 550 valence electrons. The molecule has 0 radical (unpaired) electrons. The minimum absolute atomic E-state index is 0.0932. The molecule has 0 spiro atoms. The number of carboxylic acids is 2. The van der Waals surface area contributed by atoms with Gasteiger partial charge in [-0.1, -0.05) is 148 Å². The standard InChI is InChI=1S/C69H122N10O16S/c1-69(2,3)60(82)42-38-54(51-79-46-28-34-59(79)66(70)87)31-25-27-45-72-65(86)52-95-49-48-94-47-29-33-55(80)39-40-57(67(88)89)74-64(85)43-41-58(68(90)91)73-63(84)36-24-20-16-12-9-13-17-21-26-44-71-62(83)37-30-50-96(92,93)53-56(81)32-22-18-14-10-7-5-4-6-8-11-15-19-23-35-61-75-77-78-76-61/h54,57-59H,4-53H2,1-3H3,(H2,70,87)(H,71,83)(H,72,86)(H,73,84)(H,74,85)(H,88,89)(H,90,91)(H,75,76,77,78)/t54-,57?,58?,59+/m1/s1. The van der Waals surface area contributed by atoms with Gasteiger partial charge in [0.25, 0.3) is 0 Å². The summed E-state index contributed by atoms with van der Waals surface area (Å²) in [4.78, 5) is 125. The molecule has 0 aliphatic carbocycles. The number of carbonyl (C=O) groups excluding carboxylic acids is 8. The Morgan fingerprint density at radius 3 is 1.65 bits per heavy atom. The maximum absolute atomic E-state index is 12.7. The molecule has 9 N–H and O–H groups in total. The first kappa shape index (κ1) is 86.3. The van der Waals surface area contributed by atoms with Crippen LogP contribution in [0.4, 0.5) is 0 Å². The van der Waals surface area contributed by atoms with Gasteiger partial charge >= 0.3 is 11.9 Å². The normalized spacial score (nSPS) is 14.4. The summed E-state index contributed by atoms with van der Waals surface area (Å²) in [6.45, 7) is 8.70. The van der Waals surface area contributed by atoms with Crippen LogP contribution in [0.1, 0.15) is 277 Å². The average molecular weight is 1380 g/mol. The smallest absolute Gasteiger partial charge is 0.326 e. The number of ether oxygens (including phenoxy) is 2. The molecule has 2 heterocycles. The lowest BCUT2D eigenvalue weighted by Gasteiger charge is -2.28. The zero-order valence-corrected chi connectivity index (χ0v) is 59.4. The number of rotatable bonds is 64. The van der Waals surface area contributed by atoms with Crippen molar-refractivity contribution in [2.75, 3.05) is 64.1 Å². The Balaban J connectivity index is 1.42. The van der Waals surface area contributed by atoms with Gasteiger partial charge in [0.1, 0.15) is 41.8 Å². The van der Waals surface area contributed by atoms with Crippen LogP contribution in [0.5, 0.6) is 0 Å². The monoisotopic (exact) mass is 1380 g/mol. The van der Waals surface area contributed by atoms with Crippen molar-refractivity contribution in [3.05, 3.63) is 5.82 Å². The van der Waals surface area contributed by atoms with Crippen LogP contribution >= 0.6 is 0 Å². The largest absolute Gasteiger partial charge is 0.480 e. The quantitative estimate of drug-likeness (QED) is 0.0284. The van der Waals surface area contributed by atoms with E-state index in [4.69, 9.17) is 15.2 Å². The molecule has 1 saturated heterocycles. The summed E-state index contributed by atoms with van der Waals surface area (Å²) in [7, 11) is -3.56. The number of nitrogens with one attached hydrogen (secondary N) is 5. The number of aromatic amines is 1. The number of carboxylic acid groups (broad SMARTS) is 2. The van der Waals surface area contributed by atoms with Gasteiger partial charge in [0, 0.05) is 83.0 Å². The number of hydrogen-bond acceptors (Lipinski definition) is 18. The molecule has 2 unspecified atom stereocenters. The highest BCUT2D eigenvalue weighted by atomic mass is 32.2. The number of unbranched alkanes of at least 4 members (excludes halogenated alkanes) is 21. The van der Waals surface area contributed by atoms with E-state index in [9.17, 15) is 66.6 Å². The number of nitrogens with zero attached hydrogens (tertiary/aromatic N) is 4. The Morgan fingerprint density at radius 1 is 0.562 bits per heavy atom. The van der Waals surface area contributed by atoms with Crippen molar-refractivity contribution in [3.63, 3.8) is 0 Å². The highest BCUT2D eigenvalue weighted by Crippen LogP contribution is 2.26. The lowest BCUT2D eigenvalue weighted by atomic mass is 9.85. The number of aliphatic carboxylic acids is 2. The molecule has 2 rings (SSSR count). The molecule has 1 aromatic heterocycles. The molecule has 1 aliphatic rings. The SMILES string of the molecule is CC(C)(C)C(=O)CC[C@@H](CCCCNC(=O)COCCOCCCC(=O)CCC(NC(=O)CCC(NC(=O)CCCCCCCCCCCNC(=O)CCCS(=O)(=O)CC(=O)CCCCCCCCCCCCCCCc1nn[nH]n1)C(=O)O)C(=O)O)CN1CCC[C@H]1C(N)=O. The van der Waals surface area contributed by atoms with Gasteiger partial charge in [0.05, 0.1) is 25.0 Å². The summed E-state index contributed by atoms with van der Waals surface area (Å²) in [6, 6.07) is -2.99. The third kappa shape index (κ3) is 46.4. The molecule has 27 heteroatoms.